The van der Waals surface area contributed by atoms with Gasteiger partial charge in [0.05, 0.1) is 40.3 Å². The van der Waals surface area contributed by atoms with Crippen molar-refractivity contribution in [3.05, 3.63) is 24.3 Å². The molecule has 0 aliphatic carbocycles. The highest BCUT2D eigenvalue weighted by atomic mass is 16.6. The number of allylic oxidation sites excluding steroid dienone is 4. The van der Waals surface area contributed by atoms with Crippen molar-refractivity contribution in [3.8, 4) is 0 Å². The number of carboxylic acids is 1. The number of carbonyl (C=O) groups is 3. The second-order valence-electron chi connectivity index (χ2n) is 18.0. The first-order chi connectivity index (χ1) is 28.6. The highest BCUT2D eigenvalue weighted by Crippen LogP contribution is 2.15. The molecule has 0 aromatic rings. The summed E-state index contributed by atoms with van der Waals surface area (Å²) in [6.07, 6.45) is 47.8. The van der Waals surface area contributed by atoms with E-state index in [1.165, 1.54) is 148 Å². The second-order valence-corrected chi connectivity index (χ2v) is 18.0. The monoisotopic (exact) mass is 834 g/mol. The van der Waals surface area contributed by atoms with Crippen molar-refractivity contribution in [2.75, 3.05) is 41.0 Å². The van der Waals surface area contributed by atoms with Crippen LogP contribution >= 0.6 is 0 Å². The van der Waals surface area contributed by atoms with Crippen LogP contribution in [0.15, 0.2) is 24.3 Å². The number of quaternary nitrogens is 1. The highest BCUT2D eigenvalue weighted by Gasteiger charge is 2.25. The lowest BCUT2D eigenvalue weighted by Crippen LogP contribution is -2.55. The zero-order valence-corrected chi connectivity index (χ0v) is 39.4. The Bertz CT molecular complexity index is 1020. The van der Waals surface area contributed by atoms with Crippen molar-refractivity contribution >= 4 is 17.9 Å². The van der Waals surface area contributed by atoms with Crippen LogP contribution in [0.2, 0.25) is 0 Å². The molecule has 0 bridgehead atoms. The molecule has 0 spiro atoms. The van der Waals surface area contributed by atoms with Gasteiger partial charge >= 0.3 is 11.9 Å². The maximum absolute atomic E-state index is 12.8. The summed E-state index contributed by atoms with van der Waals surface area (Å²) in [6.45, 7) is 4.66. The second kappa shape index (κ2) is 42.5. The van der Waals surface area contributed by atoms with Gasteiger partial charge in [-0.25, -0.2) is 0 Å². The first-order valence-corrected chi connectivity index (χ1v) is 24.9. The molecule has 0 N–H and O–H groups in total. The molecule has 8 nitrogen and oxygen atoms in total. The molecule has 8 heteroatoms. The summed E-state index contributed by atoms with van der Waals surface area (Å²) < 4.78 is 17.2. The van der Waals surface area contributed by atoms with Gasteiger partial charge < -0.3 is 28.6 Å². The van der Waals surface area contributed by atoms with E-state index in [0.717, 1.165) is 51.4 Å². The molecule has 2 unspecified atom stereocenters. The molecule has 0 aliphatic rings. The molecule has 2 atom stereocenters. The molecule has 346 valence electrons. The fourth-order valence-corrected chi connectivity index (χ4v) is 7.41. The first kappa shape index (κ1) is 56.8. The predicted octanol–water partition coefficient (Wildman–Crippen LogP) is 12.7. The SMILES string of the molecule is CCCCCCCCC/C=C/CCCCCC(=O)OCC(COCCC(C(=O)[O-])[N+](C)(C)C)OC(=O)CCCCCCCCC/C=C/CCCCCCCCCCCC. The van der Waals surface area contributed by atoms with Gasteiger partial charge in [0.2, 0.25) is 0 Å². The largest absolute Gasteiger partial charge is 0.544 e. The normalized spacial score (nSPS) is 13.0. The van der Waals surface area contributed by atoms with E-state index in [2.05, 4.69) is 38.2 Å². The van der Waals surface area contributed by atoms with Crippen molar-refractivity contribution < 1.29 is 38.2 Å². The molecular formula is C51H95NO7. The lowest BCUT2D eigenvalue weighted by Gasteiger charge is -2.34. The third-order valence-corrected chi connectivity index (χ3v) is 11.3. The molecule has 0 heterocycles. The molecule has 0 rings (SSSR count). The van der Waals surface area contributed by atoms with Gasteiger partial charge in [-0.15, -0.1) is 0 Å². The maximum atomic E-state index is 12.8. The molecule has 0 aromatic heterocycles. The van der Waals surface area contributed by atoms with Crippen molar-refractivity contribution in [2.45, 2.75) is 244 Å². The number of aliphatic carboxylic acids is 1. The van der Waals surface area contributed by atoms with Crippen LogP contribution in [-0.2, 0) is 28.6 Å². The van der Waals surface area contributed by atoms with Crippen molar-refractivity contribution in [2.24, 2.45) is 0 Å². The summed E-state index contributed by atoms with van der Waals surface area (Å²) >= 11 is 0. The van der Waals surface area contributed by atoms with Crippen LogP contribution in [-0.4, -0.2) is 75.5 Å². The molecule has 0 saturated carbocycles. The number of likely N-dealkylation sites (N-methyl/N-ethyl adjacent to an activating group) is 1. The van der Waals surface area contributed by atoms with Crippen LogP contribution in [0.3, 0.4) is 0 Å². The van der Waals surface area contributed by atoms with E-state index in [4.69, 9.17) is 14.2 Å². The quantitative estimate of drug-likeness (QED) is 0.0260. The third-order valence-electron chi connectivity index (χ3n) is 11.3. The van der Waals surface area contributed by atoms with Crippen LogP contribution in [0.5, 0.6) is 0 Å². The molecule has 0 aliphatic heterocycles. The number of nitrogens with zero attached hydrogens (tertiary/aromatic N) is 1. The van der Waals surface area contributed by atoms with Crippen LogP contribution in [0.1, 0.15) is 232 Å². The van der Waals surface area contributed by atoms with Crippen LogP contribution < -0.4 is 5.11 Å². The van der Waals surface area contributed by atoms with Gasteiger partial charge in [0, 0.05) is 19.3 Å². The summed E-state index contributed by atoms with van der Waals surface area (Å²) in [5.41, 5.74) is 0. The van der Waals surface area contributed by atoms with Crippen molar-refractivity contribution in [1.82, 2.24) is 0 Å². The average Bonchev–Trinajstić information content (AvgIpc) is 3.19. The van der Waals surface area contributed by atoms with Gasteiger partial charge in [-0.2, -0.15) is 0 Å². The molecule has 0 fully saturated rings. The first-order valence-electron chi connectivity index (χ1n) is 24.9. The number of hydrogen-bond acceptors (Lipinski definition) is 7. The molecule has 0 aromatic carbocycles. The Morgan fingerprint density at radius 3 is 1.24 bits per heavy atom. The summed E-state index contributed by atoms with van der Waals surface area (Å²) in [5, 5.41) is 11.6. The van der Waals surface area contributed by atoms with E-state index in [0.29, 0.717) is 12.8 Å². The summed E-state index contributed by atoms with van der Waals surface area (Å²) in [5.74, 6) is -1.75. The van der Waals surface area contributed by atoms with Gasteiger partial charge in [-0.3, -0.25) is 9.59 Å². The molecule has 0 saturated heterocycles. The summed E-state index contributed by atoms with van der Waals surface area (Å²) in [7, 11) is 5.41. The Morgan fingerprint density at radius 2 is 0.847 bits per heavy atom. The fourth-order valence-electron chi connectivity index (χ4n) is 7.41. The molecule has 0 amide bonds. The zero-order chi connectivity index (χ0) is 43.5. The lowest BCUT2D eigenvalue weighted by atomic mass is 10.1. The fraction of sp³-hybridized carbons (Fsp3) is 0.863. The lowest BCUT2D eigenvalue weighted by molar-refractivity contribution is -0.889. The molecule has 0 radical (unpaired) electrons. The van der Waals surface area contributed by atoms with Gasteiger partial charge in [0.1, 0.15) is 12.6 Å². The molecular weight excluding hydrogens is 739 g/mol. The Balaban J connectivity index is 4.25. The highest BCUT2D eigenvalue weighted by molar-refractivity contribution is 5.70. The van der Waals surface area contributed by atoms with Gasteiger partial charge in [-0.05, 0) is 64.2 Å². The number of hydrogen-bond donors (Lipinski definition) is 0. The standard InChI is InChI=1S/C51H95NO7/c1-6-8-10-12-14-16-18-20-22-23-24-25-26-27-28-30-32-34-36-38-40-42-50(54)59-47(45-57-44-43-48(51(55)56)52(3,4)5)46-58-49(53)41-39-37-35-33-31-29-21-19-17-15-13-11-9-7-2/h25-26,29,31,47-48H,6-24,27-28,30,32-46H2,1-5H3/b26-25+,31-29+. The van der Waals surface area contributed by atoms with E-state index < -0.39 is 18.1 Å². The maximum Gasteiger partial charge on any atom is 0.306 e. The Labute approximate surface area is 364 Å². The Morgan fingerprint density at radius 1 is 0.492 bits per heavy atom. The minimum Gasteiger partial charge on any atom is -0.544 e. The van der Waals surface area contributed by atoms with Crippen molar-refractivity contribution in [3.63, 3.8) is 0 Å². The van der Waals surface area contributed by atoms with Gasteiger partial charge in [0.15, 0.2) is 6.10 Å². The topological polar surface area (TPSA) is 102 Å². The third kappa shape index (κ3) is 41.0. The van der Waals surface area contributed by atoms with Crippen LogP contribution in [0, 0.1) is 0 Å². The van der Waals surface area contributed by atoms with E-state index in [1.54, 1.807) is 21.1 Å². The Hall–Kier alpha value is -2.19. The number of esters is 2. The number of carboxylic acid groups (broad SMARTS) is 1. The van der Waals surface area contributed by atoms with Gasteiger partial charge in [0.25, 0.3) is 0 Å². The predicted molar refractivity (Wildman–Crippen MR) is 245 cm³/mol. The van der Waals surface area contributed by atoms with Crippen LogP contribution in [0.25, 0.3) is 0 Å². The summed E-state index contributed by atoms with van der Waals surface area (Å²) in [4.78, 5) is 36.9. The average molecular weight is 834 g/mol. The van der Waals surface area contributed by atoms with E-state index in [9.17, 15) is 19.5 Å². The smallest absolute Gasteiger partial charge is 0.306 e. The van der Waals surface area contributed by atoms with Crippen molar-refractivity contribution in [1.29, 1.82) is 0 Å². The number of ether oxygens (including phenoxy) is 3. The van der Waals surface area contributed by atoms with Gasteiger partial charge in [-0.1, -0.05) is 173 Å². The van der Waals surface area contributed by atoms with E-state index in [-0.39, 0.29) is 42.7 Å². The molecule has 59 heavy (non-hydrogen) atoms. The van der Waals surface area contributed by atoms with Crippen LogP contribution in [0.4, 0.5) is 0 Å². The number of rotatable bonds is 45. The van der Waals surface area contributed by atoms with E-state index in [1.807, 2.05) is 0 Å². The summed E-state index contributed by atoms with van der Waals surface area (Å²) in [6, 6.07) is -0.727. The minimum absolute atomic E-state index is 0.0373. The number of unbranched alkanes of at least 4 members (excludes halogenated alkanes) is 27. The minimum atomic E-state index is -1.13. The number of carbonyl (C=O) groups excluding carboxylic acids is 3. The van der Waals surface area contributed by atoms with E-state index >= 15 is 0 Å². The zero-order valence-electron chi connectivity index (χ0n) is 39.4. The Kier molecular flexibility index (Phi) is 40.9.